The number of rotatable bonds is 13. The van der Waals surface area contributed by atoms with Gasteiger partial charge in [-0.1, -0.05) is 12.1 Å². The van der Waals surface area contributed by atoms with Crippen LogP contribution >= 0.6 is 0 Å². The molecule has 44 heavy (non-hydrogen) atoms. The summed E-state index contributed by atoms with van der Waals surface area (Å²) in [5.74, 6) is -5.92. The van der Waals surface area contributed by atoms with E-state index >= 15 is 0 Å². The largest absolute Gasteiger partial charge is 0.508 e. The third-order valence-electron chi connectivity index (χ3n) is 7.29. The summed E-state index contributed by atoms with van der Waals surface area (Å²) in [6, 6.07) is 1.62. The number of hydrogen-bond acceptors (Lipinski definition) is 10. The number of amides is 6. The fraction of sp³-hybridized carbons (Fsp3) is 0.519. The number of aliphatic hydroxyl groups excluding tert-OH is 1. The van der Waals surface area contributed by atoms with E-state index in [2.05, 4.69) is 16.0 Å². The highest BCUT2D eigenvalue weighted by Crippen LogP contribution is 2.26. The summed E-state index contributed by atoms with van der Waals surface area (Å²) in [6.07, 6.45) is -0.964. The van der Waals surface area contributed by atoms with Crippen LogP contribution < -0.4 is 27.4 Å². The predicted octanol–water partition coefficient (Wildman–Crippen LogP) is -4.11. The van der Waals surface area contributed by atoms with Gasteiger partial charge in [0.15, 0.2) is 0 Å². The van der Waals surface area contributed by atoms with Crippen LogP contribution in [-0.4, -0.2) is 123 Å². The highest BCUT2D eigenvalue weighted by molar-refractivity contribution is 5.96. The van der Waals surface area contributed by atoms with E-state index in [0.29, 0.717) is 12.8 Å². The Labute approximate surface area is 251 Å². The molecule has 3 rings (SSSR count). The van der Waals surface area contributed by atoms with Crippen molar-refractivity contribution in [1.29, 1.82) is 0 Å². The Kier molecular flexibility index (Phi) is 11.6. The molecule has 0 spiro atoms. The molecule has 0 radical (unpaired) electrons. The first-order valence-electron chi connectivity index (χ1n) is 13.9. The van der Waals surface area contributed by atoms with Gasteiger partial charge >= 0.3 is 5.97 Å². The van der Waals surface area contributed by atoms with Crippen molar-refractivity contribution >= 4 is 41.4 Å². The minimum absolute atomic E-state index is 0.0673. The molecule has 17 nitrogen and oxygen atoms in total. The average molecular weight is 620 g/mol. The molecule has 0 aliphatic carbocycles. The topological polar surface area (TPSA) is 275 Å². The zero-order valence-electron chi connectivity index (χ0n) is 23.8. The van der Waals surface area contributed by atoms with E-state index in [1.807, 2.05) is 0 Å². The van der Waals surface area contributed by atoms with Gasteiger partial charge in [-0.2, -0.15) is 0 Å². The van der Waals surface area contributed by atoms with Gasteiger partial charge in [0.25, 0.3) is 0 Å². The number of phenolic OH excluding ortho intramolecular Hbond substituents is 1. The van der Waals surface area contributed by atoms with E-state index in [1.54, 1.807) is 12.1 Å². The molecule has 2 heterocycles. The average Bonchev–Trinajstić information content (AvgIpc) is 3.61. The van der Waals surface area contributed by atoms with Crippen molar-refractivity contribution in [3.8, 4) is 5.75 Å². The normalized spacial score (nSPS) is 20.8. The smallest absolute Gasteiger partial charge is 0.305 e. The summed E-state index contributed by atoms with van der Waals surface area (Å²) in [6.45, 7) is -1.17. The van der Waals surface area contributed by atoms with Crippen molar-refractivity contribution in [3.05, 3.63) is 29.8 Å². The number of benzene rings is 1. The van der Waals surface area contributed by atoms with Crippen LogP contribution in [-0.2, 0) is 40.0 Å². The minimum atomic E-state index is -1.56. The molecule has 1 aromatic rings. The zero-order valence-corrected chi connectivity index (χ0v) is 23.8. The van der Waals surface area contributed by atoms with Crippen LogP contribution in [0.25, 0.3) is 0 Å². The molecule has 2 aliphatic rings. The number of aliphatic hydroxyl groups is 1. The van der Waals surface area contributed by atoms with Gasteiger partial charge in [-0.25, -0.2) is 0 Å². The van der Waals surface area contributed by atoms with Gasteiger partial charge in [0.1, 0.15) is 23.9 Å². The Morgan fingerprint density at radius 1 is 0.977 bits per heavy atom. The number of carboxylic acid groups (broad SMARTS) is 1. The lowest BCUT2D eigenvalue weighted by Crippen LogP contribution is -2.56. The predicted molar refractivity (Wildman–Crippen MR) is 150 cm³/mol. The third-order valence-corrected chi connectivity index (χ3v) is 7.29. The number of nitrogens with one attached hydrogen (secondary N) is 3. The number of carboxylic acids is 1. The van der Waals surface area contributed by atoms with Crippen LogP contribution in [0.5, 0.6) is 5.75 Å². The van der Waals surface area contributed by atoms with Crippen molar-refractivity contribution in [1.82, 2.24) is 25.8 Å². The van der Waals surface area contributed by atoms with E-state index < -0.39 is 91.2 Å². The highest BCUT2D eigenvalue weighted by Gasteiger charge is 2.45. The van der Waals surface area contributed by atoms with Gasteiger partial charge in [-0.3, -0.25) is 33.6 Å². The molecule has 0 bridgehead atoms. The Bertz CT molecular complexity index is 1270. The number of primary amides is 1. The maximum absolute atomic E-state index is 13.6. The van der Waals surface area contributed by atoms with Gasteiger partial charge in [0.2, 0.25) is 35.4 Å². The first-order chi connectivity index (χ1) is 20.8. The Morgan fingerprint density at radius 3 is 2.30 bits per heavy atom. The Hall–Kier alpha value is -4.77. The number of likely N-dealkylation sites (tertiary alicyclic amines) is 2. The molecular formula is C27H37N7O10. The summed E-state index contributed by atoms with van der Waals surface area (Å²) in [4.78, 5) is 88.9. The molecule has 240 valence electrons. The molecule has 6 amide bonds. The van der Waals surface area contributed by atoms with E-state index in [-0.39, 0.29) is 31.7 Å². The molecule has 0 aromatic heterocycles. The standard InChI is InChI=1S/C27H37N7O10/c28-17(8-14-3-5-15(35)6-4-14)26(43)33-7-1-2-19(33)27(44)34-13-16(36)9-20(34)25(42)31-12-22(38)32-18(10-23(39)40)24(41)30-11-21(29)37/h3-6,16-20,35-36H,1-2,7-13,28H2,(H2,29,37)(H,30,41)(H,31,42)(H,32,38)(H,39,40)/t16-,17-,18-,19-,20-/m1/s1. The molecule has 1 aromatic carbocycles. The second kappa shape index (κ2) is 15.1. The Balaban J connectivity index is 1.60. The number of carbonyl (C=O) groups excluding carboxylic acids is 6. The van der Waals surface area contributed by atoms with Crippen LogP contribution in [0.1, 0.15) is 31.2 Å². The van der Waals surface area contributed by atoms with Crippen molar-refractivity contribution < 1.29 is 48.9 Å². The summed E-state index contributed by atoms with van der Waals surface area (Å²) in [5, 5.41) is 35.4. The minimum Gasteiger partial charge on any atom is -0.508 e. The summed E-state index contributed by atoms with van der Waals surface area (Å²) in [5.41, 5.74) is 11.8. The molecule has 0 unspecified atom stereocenters. The van der Waals surface area contributed by atoms with Gasteiger partial charge in [-0.05, 0) is 37.0 Å². The lowest BCUT2D eigenvalue weighted by Gasteiger charge is -2.32. The SMILES string of the molecule is NC(=O)CNC(=O)[C@@H](CC(=O)O)NC(=O)CNC(=O)[C@H]1C[C@@H](O)CN1C(=O)[C@H]1CCCN1C(=O)[C@H](N)Cc1ccc(O)cc1. The quantitative estimate of drug-likeness (QED) is 0.105. The molecule has 17 heteroatoms. The van der Waals surface area contributed by atoms with Crippen LogP contribution in [0.15, 0.2) is 24.3 Å². The van der Waals surface area contributed by atoms with Crippen LogP contribution in [0.3, 0.4) is 0 Å². The first-order valence-corrected chi connectivity index (χ1v) is 13.9. The number of nitrogens with two attached hydrogens (primary N) is 2. The fourth-order valence-electron chi connectivity index (χ4n) is 5.18. The summed E-state index contributed by atoms with van der Waals surface area (Å²) < 4.78 is 0. The highest BCUT2D eigenvalue weighted by atomic mass is 16.4. The molecule has 0 saturated carbocycles. The number of aliphatic carboxylic acids is 1. The summed E-state index contributed by atoms with van der Waals surface area (Å²) in [7, 11) is 0. The fourth-order valence-corrected chi connectivity index (χ4v) is 5.18. The number of β-amino-alcohol motifs (C(OH)–C–C–N with tert-alkyl or cyclic N) is 1. The molecular weight excluding hydrogens is 582 g/mol. The van der Waals surface area contributed by atoms with Crippen molar-refractivity contribution in [2.45, 2.75) is 62.4 Å². The first kappa shape index (κ1) is 33.7. The maximum Gasteiger partial charge on any atom is 0.305 e. The second-order valence-corrected chi connectivity index (χ2v) is 10.7. The second-order valence-electron chi connectivity index (χ2n) is 10.7. The van der Waals surface area contributed by atoms with Crippen LogP contribution in [0.2, 0.25) is 0 Å². The van der Waals surface area contributed by atoms with Crippen LogP contribution in [0.4, 0.5) is 0 Å². The number of hydrogen-bond donors (Lipinski definition) is 8. The number of phenols is 1. The number of nitrogens with zero attached hydrogens (tertiary/aromatic N) is 2. The van der Waals surface area contributed by atoms with E-state index in [1.165, 1.54) is 17.0 Å². The number of carbonyl (C=O) groups is 7. The van der Waals surface area contributed by atoms with Crippen molar-refractivity contribution in [2.24, 2.45) is 11.5 Å². The van der Waals surface area contributed by atoms with Gasteiger partial charge in [0, 0.05) is 19.5 Å². The lowest BCUT2D eigenvalue weighted by molar-refractivity contribution is -0.147. The molecule has 5 atom stereocenters. The molecule has 2 saturated heterocycles. The monoisotopic (exact) mass is 619 g/mol. The van der Waals surface area contributed by atoms with Crippen molar-refractivity contribution in [3.63, 3.8) is 0 Å². The van der Waals surface area contributed by atoms with Crippen LogP contribution in [0, 0.1) is 0 Å². The molecule has 10 N–H and O–H groups in total. The molecule has 2 fully saturated rings. The lowest BCUT2D eigenvalue weighted by atomic mass is 10.0. The third kappa shape index (κ3) is 9.11. The van der Waals surface area contributed by atoms with Crippen molar-refractivity contribution in [2.75, 3.05) is 26.2 Å². The molecule has 2 aliphatic heterocycles. The maximum atomic E-state index is 13.6. The zero-order chi connectivity index (χ0) is 32.6. The van der Waals surface area contributed by atoms with E-state index in [9.17, 15) is 43.8 Å². The van der Waals surface area contributed by atoms with Gasteiger partial charge in [0.05, 0.1) is 31.7 Å². The number of aromatic hydroxyl groups is 1. The van der Waals surface area contributed by atoms with Gasteiger partial charge < -0.3 is 52.5 Å². The van der Waals surface area contributed by atoms with E-state index in [0.717, 1.165) is 10.5 Å². The Morgan fingerprint density at radius 2 is 1.66 bits per heavy atom. The van der Waals surface area contributed by atoms with Gasteiger partial charge in [-0.15, -0.1) is 0 Å². The van der Waals surface area contributed by atoms with E-state index in [4.69, 9.17) is 16.6 Å². The summed E-state index contributed by atoms with van der Waals surface area (Å²) >= 11 is 0.